The summed E-state index contributed by atoms with van der Waals surface area (Å²) in [5, 5.41) is 0.636. The van der Waals surface area contributed by atoms with Gasteiger partial charge in [-0.1, -0.05) is 6.92 Å². The summed E-state index contributed by atoms with van der Waals surface area (Å²) in [5.74, 6) is -0.787. The van der Waals surface area contributed by atoms with Gasteiger partial charge in [0.15, 0.2) is 0 Å². The molecule has 1 heterocycles. The van der Waals surface area contributed by atoms with Gasteiger partial charge in [-0.3, -0.25) is 0 Å². The molecule has 2 aromatic rings. The monoisotopic (exact) mass is 329 g/mol. The van der Waals surface area contributed by atoms with E-state index in [1.807, 2.05) is 6.92 Å². The van der Waals surface area contributed by atoms with Crippen LogP contribution in [0.15, 0.2) is 23.2 Å². The van der Waals surface area contributed by atoms with Crippen LogP contribution in [0.25, 0.3) is 0 Å². The first-order chi connectivity index (χ1) is 9.83. The molecule has 0 aliphatic rings. The summed E-state index contributed by atoms with van der Waals surface area (Å²) >= 11 is 1.42. The molecule has 0 spiro atoms. The highest BCUT2D eigenvalue weighted by atomic mass is 32.2. The number of aromatic nitrogens is 1. The summed E-state index contributed by atoms with van der Waals surface area (Å²) in [6.07, 6.45) is 2.55. The molecule has 5 nitrogen and oxygen atoms in total. The van der Waals surface area contributed by atoms with Gasteiger partial charge < -0.3 is 5.73 Å². The zero-order chi connectivity index (χ0) is 15.6. The van der Waals surface area contributed by atoms with Crippen molar-refractivity contribution in [1.82, 2.24) is 9.71 Å². The molecule has 114 valence electrons. The molecule has 1 aromatic carbocycles. The normalized spacial score (nSPS) is 11.8. The summed E-state index contributed by atoms with van der Waals surface area (Å²) < 4.78 is 40.7. The van der Waals surface area contributed by atoms with E-state index in [-0.39, 0.29) is 17.8 Å². The Morgan fingerprint density at radius 1 is 1.43 bits per heavy atom. The van der Waals surface area contributed by atoms with Gasteiger partial charge in [0.05, 0.1) is 6.54 Å². The van der Waals surface area contributed by atoms with Gasteiger partial charge in [0, 0.05) is 16.8 Å². The Labute approximate surface area is 127 Å². The molecule has 8 heteroatoms. The number of rotatable bonds is 5. The van der Waals surface area contributed by atoms with Gasteiger partial charge in [-0.05, 0) is 31.0 Å². The molecule has 0 radical (unpaired) electrons. The van der Waals surface area contributed by atoms with Gasteiger partial charge in [-0.2, -0.15) is 0 Å². The van der Waals surface area contributed by atoms with Crippen molar-refractivity contribution in [2.45, 2.75) is 31.7 Å². The van der Waals surface area contributed by atoms with Crippen molar-refractivity contribution in [1.29, 1.82) is 0 Å². The lowest BCUT2D eigenvalue weighted by Gasteiger charge is -2.09. The molecule has 0 fully saturated rings. The summed E-state index contributed by atoms with van der Waals surface area (Å²) in [6, 6.07) is 2.51. The first-order valence-electron chi connectivity index (χ1n) is 6.32. The minimum absolute atomic E-state index is 0.0281. The van der Waals surface area contributed by atoms with E-state index in [9.17, 15) is 12.8 Å². The molecule has 3 N–H and O–H groups in total. The molecule has 0 saturated carbocycles. The van der Waals surface area contributed by atoms with Crippen LogP contribution in [0.3, 0.4) is 0 Å². The smallest absolute Gasteiger partial charge is 0.243 e. The van der Waals surface area contributed by atoms with Gasteiger partial charge in [-0.25, -0.2) is 22.5 Å². The zero-order valence-electron chi connectivity index (χ0n) is 11.7. The number of hydrogen-bond acceptors (Lipinski definition) is 5. The van der Waals surface area contributed by atoms with Crippen LogP contribution in [0.2, 0.25) is 0 Å². The minimum atomic E-state index is -3.97. The molecule has 21 heavy (non-hydrogen) atoms. The molecule has 0 saturated heterocycles. The Balaban J connectivity index is 2.22. The SMILES string of the molecule is CCc1cnc(CNS(=O)(=O)c2cc(N)cc(C)c2F)s1. The molecule has 2 rings (SSSR count). The quantitative estimate of drug-likeness (QED) is 0.824. The van der Waals surface area contributed by atoms with Crippen LogP contribution < -0.4 is 10.5 Å². The Morgan fingerprint density at radius 3 is 2.76 bits per heavy atom. The first kappa shape index (κ1) is 15.9. The lowest BCUT2D eigenvalue weighted by Crippen LogP contribution is -2.24. The Hall–Kier alpha value is -1.51. The van der Waals surface area contributed by atoms with E-state index in [0.29, 0.717) is 5.01 Å². The summed E-state index contributed by atoms with van der Waals surface area (Å²) in [4.78, 5) is 4.74. The number of nitrogens with one attached hydrogen (secondary N) is 1. The highest BCUT2D eigenvalue weighted by molar-refractivity contribution is 7.89. The maximum Gasteiger partial charge on any atom is 0.243 e. The maximum atomic E-state index is 14.0. The second-order valence-electron chi connectivity index (χ2n) is 4.55. The van der Waals surface area contributed by atoms with E-state index in [2.05, 4.69) is 9.71 Å². The van der Waals surface area contributed by atoms with Crippen LogP contribution in [0.1, 0.15) is 22.4 Å². The predicted molar refractivity (Wildman–Crippen MR) is 81.1 cm³/mol. The third-order valence-corrected chi connectivity index (χ3v) is 5.44. The summed E-state index contributed by atoms with van der Waals surface area (Å²) in [5.41, 5.74) is 5.98. The maximum absolute atomic E-state index is 14.0. The number of halogens is 1. The van der Waals surface area contributed by atoms with E-state index in [1.54, 1.807) is 6.20 Å². The van der Waals surface area contributed by atoms with E-state index in [0.717, 1.165) is 17.4 Å². The van der Waals surface area contributed by atoms with Gasteiger partial charge >= 0.3 is 0 Å². The van der Waals surface area contributed by atoms with Gasteiger partial charge in [0.1, 0.15) is 15.7 Å². The van der Waals surface area contributed by atoms with Gasteiger partial charge in [0.2, 0.25) is 10.0 Å². The van der Waals surface area contributed by atoms with E-state index in [4.69, 9.17) is 5.73 Å². The molecule has 0 aliphatic heterocycles. The van der Waals surface area contributed by atoms with E-state index in [1.165, 1.54) is 24.3 Å². The van der Waals surface area contributed by atoms with E-state index < -0.39 is 20.7 Å². The first-order valence-corrected chi connectivity index (χ1v) is 8.62. The van der Waals surface area contributed by atoms with Crippen LogP contribution in [-0.2, 0) is 23.0 Å². The fourth-order valence-electron chi connectivity index (χ4n) is 1.79. The molecule has 0 amide bonds. The number of thiazole rings is 1. The van der Waals surface area contributed by atoms with Crippen molar-refractivity contribution in [3.8, 4) is 0 Å². The Kier molecular flexibility index (Phi) is 4.60. The third kappa shape index (κ3) is 3.58. The number of benzene rings is 1. The van der Waals surface area contributed by atoms with Crippen molar-refractivity contribution >= 4 is 27.0 Å². The second-order valence-corrected chi connectivity index (χ2v) is 7.48. The molecular formula is C13H16FN3O2S2. The van der Waals surface area contributed by atoms with Crippen LogP contribution in [-0.4, -0.2) is 13.4 Å². The van der Waals surface area contributed by atoms with Crippen molar-refractivity contribution in [2.24, 2.45) is 0 Å². The van der Waals surface area contributed by atoms with Gasteiger partial charge in [0.25, 0.3) is 0 Å². The highest BCUT2D eigenvalue weighted by Gasteiger charge is 2.21. The predicted octanol–water partition coefficient (Wildman–Crippen LogP) is 2.21. The summed E-state index contributed by atoms with van der Waals surface area (Å²) in [6.45, 7) is 3.49. The van der Waals surface area contributed by atoms with Crippen molar-refractivity contribution in [3.63, 3.8) is 0 Å². The number of hydrogen-bond donors (Lipinski definition) is 2. The molecule has 0 unspecified atom stereocenters. The lowest BCUT2D eigenvalue weighted by atomic mass is 10.2. The zero-order valence-corrected chi connectivity index (χ0v) is 13.3. The number of anilines is 1. The fourth-order valence-corrected chi connectivity index (χ4v) is 3.85. The van der Waals surface area contributed by atoms with Crippen LogP contribution in [0.4, 0.5) is 10.1 Å². The minimum Gasteiger partial charge on any atom is -0.399 e. The number of aryl methyl sites for hydroxylation is 2. The van der Waals surface area contributed by atoms with Crippen LogP contribution in [0, 0.1) is 12.7 Å². The number of nitrogens with zero attached hydrogens (tertiary/aromatic N) is 1. The standard InChI is InChI=1S/C13H16FN3O2S2/c1-3-10-6-16-12(20-10)7-17-21(18,19)11-5-9(15)4-8(2)13(11)14/h4-6,17H,3,7,15H2,1-2H3. The van der Waals surface area contributed by atoms with Crippen molar-refractivity contribution < 1.29 is 12.8 Å². The molecule has 0 atom stereocenters. The van der Waals surface area contributed by atoms with Crippen molar-refractivity contribution in [2.75, 3.05) is 5.73 Å². The fraction of sp³-hybridized carbons (Fsp3) is 0.308. The van der Waals surface area contributed by atoms with Crippen LogP contribution in [0.5, 0.6) is 0 Å². The Bertz CT molecular complexity index is 757. The van der Waals surface area contributed by atoms with Crippen molar-refractivity contribution in [3.05, 3.63) is 39.6 Å². The average molecular weight is 329 g/mol. The lowest BCUT2D eigenvalue weighted by molar-refractivity contribution is 0.553. The molecule has 1 aromatic heterocycles. The summed E-state index contributed by atoms with van der Waals surface area (Å²) in [7, 11) is -3.97. The molecular weight excluding hydrogens is 313 g/mol. The van der Waals surface area contributed by atoms with Crippen LogP contribution >= 0.6 is 11.3 Å². The Morgan fingerprint density at radius 2 is 2.14 bits per heavy atom. The average Bonchev–Trinajstić information content (AvgIpc) is 2.88. The largest absolute Gasteiger partial charge is 0.399 e. The molecule has 0 aliphatic carbocycles. The number of sulfonamides is 1. The highest BCUT2D eigenvalue weighted by Crippen LogP contribution is 2.22. The third-order valence-electron chi connectivity index (χ3n) is 2.90. The molecule has 0 bridgehead atoms. The number of nitrogens with two attached hydrogens (primary N) is 1. The van der Waals surface area contributed by atoms with E-state index >= 15 is 0 Å². The topological polar surface area (TPSA) is 85.1 Å². The second kappa shape index (κ2) is 6.08. The van der Waals surface area contributed by atoms with Gasteiger partial charge in [-0.15, -0.1) is 11.3 Å². The number of nitrogen functional groups attached to an aromatic ring is 1.